The molecule has 1 unspecified atom stereocenters. The molecule has 0 spiro atoms. The molecule has 0 bridgehead atoms. The maximum atomic E-state index is 12.7. The van der Waals surface area contributed by atoms with Crippen molar-refractivity contribution >= 4 is 21.7 Å². The van der Waals surface area contributed by atoms with Crippen LogP contribution in [0.15, 0.2) is 89.8 Å². The molecule has 3 aromatic rings. The predicted molar refractivity (Wildman–Crippen MR) is 121 cm³/mol. The standard InChI is InChI=1S/C25H26O4S/c1-20-12-14-24(15-13-20)30(27,28)19-22(17-26)18-29-25(23-10-6-3-7-11-23)16-21-8-4-2-5-9-21/h2-16,22,26H,17-19H2,1H3. The molecule has 1 atom stereocenters. The van der Waals surface area contributed by atoms with Gasteiger partial charge in [-0.25, -0.2) is 8.42 Å². The van der Waals surface area contributed by atoms with Gasteiger partial charge < -0.3 is 9.84 Å². The normalized spacial score (nSPS) is 13.1. The molecule has 0 aromatic heterocycles. The SMILES string of the molecule is Cc1ccc(S(=O)(=O)CC(CO)COC(=Cc2ccccc2)c2ccccc2)cc1. The van der Waals surface area contributed by atoms with Gasteiger partial charge in [-0.15, -0.1) is 0 Å². The molecule has 4 nitrogen and oxygen atoms in total. The Morgan fingerprint density at radius 3 is 2.13 bits per heavy atom. The maximum absolute atomic E-state index is 12.7. The third-order valence-corrected chi connectivity index (χ3v) is 6.62. The lowest BCUT2D eigenvalue weighted by Crippen LogP contribution is -2.24. The number of aliphatic hydroxyl groups excluding tert-OH is 1. The van der Waals surface area contributed by atoms with Gasteiger partial charge in [-0.3, -0.25) is 0 Å². The van der Waals surface area contributed by atoms with E-state index in [1.54, 1.807) is 24.3 Å². The molecule has 3 rings (SSSR count). The van der Waals surface area contributed by atoms with Crippen LogP contribution in [-0.2, 0) is 14.6 Å². The minimum absolute atomic E-state index is 0.0924. The summed E-state index contributed by atoms with van der Waals surface area (Å²) in [6.45, 7) is 1.72. The highest BCUT2D eigenvalue weighted by Crippen LogP contribution is 2.22. The van der Waals surface area contributed by atoms with Gasteiger partial charge in [-0.2, -0.15) is 0 Å². The highest BCUT2D eigenvalue weighted by Gasteiger charge is 2.22. The van der Waals surface area contributed by atoms with E-state index in [0.29, 0.717) is 5.76 Å². The van der Waals surface area contributed by atoms with Crippen LogP contribution in [0.3, 0.4) is 0 Å². The topological polar surface area (TPSA) is 63.6 Å². The van der Waals surface area contributed by atoms with E-state index >= 15 is 0 Å². The average molecular weight is 423 g/mol. The second kappa shape index (κ2) is 10.2. The van der Waals surface area contributed by atoms with Gasteiger partial charge in [0, 0.05) is 11.5 Å². The molecule has 0 saturated heterocycles. The summed E-state index contributed by atoms with van der Waals surface area (Å²) < 4.78 is 31.5. The average Bonchev–Trinajstić information content (AvgIpc) is 2.77. The van der Waals surface area contributed by atoms with Crippen molar-refractivity contribution in [1.29, 1.82) is 0 Å². The van der Waals surface area contributed by atoms with Crippen molar-refractivity contribution in [3.8, 4) is 0 Å². The van der Waals surface area contributed by atoms with Crippen LogP contribution in [-0.4, -0.2) is 32.5 Å². The van der Waals surface area contributed by atoms with E-state index in [-0.39, 0.29) is 23.9 Å². The molecule has 0 radical (unpaired) electrons. The molecule has 0 aliphatic rings. The molecule has 0 fully saturated rings. The highest BCUT2D eigenvalue weighted by atomic mass is 32.2. The fourth-order valence-corrected chi connectivity index (χ4v) is 4.59. The van der Waals surface area contributed by atoms with Gasteiger partial charge in [0.05, 0.1) is 23.9 Å². The van der Waals surface area contributed by atoms with E-state index in [4.69, 9.17) is 4.74 Å². The molecule has 0 saturated carbocycles. The van der Waals surface area contributed by atoms with Crippen LogP contribution >= 0.6 is 0 Å². The summed E-state index contributed by atoms with van der Waals surface area (Å²) in [6, 6.07) is 26.2. The minimum atomic E-state index is -3.52. The fourth-order valence-electron chi connectivity index (χ4n) is 3.02. The van der Waals surface area contributed by atoms with Gasteiger partial charge in [0.25, 0.3) is 0 Å². The van der Waals surface area contributed by atoms with Gasteiger partial charge in [-0.1, -0.05) is 78.4 Å². The van der Waals surface area contributed by atoms with E-state index in [1.807, 2.05) is 73.7 Å². The van der Waals surface area contributed by atoms with Crippen molar-refractivity contribution in [2.24, 2.45) is 5.92 Å². The van der Waals surface area contributed by atoms with E-state index in [0.717, 1.165) is 16.7 Å². The summed E-state index contributed by atoms with van der Waals surface area (Å²) >= 11 is 0. The Kier molecular flexibility index (Phi) is 7.44. The zero-order valence-electron chi connectivity index (χ0n) is 16.9. The largest absolute Gasteiger partial charge is 0.493 e. The summed E-state index contributed by atoms with van der Waals surface area (Å²) in [7, 11) is -3.52. The summed E-state index contributed by atoms with van der Waals surface area (Å²) in [5.74, 6) is -0.0906. The van der Waals surface area contributed by atoms with E-state index in [9.17, 15) is 13.5 Å². The first-order valence-electron chi connectivity index (χ1n) is 9.83. The first-order chi connectivity index (χ1) is 14.5. The number of sulfone groups is 1. The molecule has 0 heterocycles. The fraction of sp³-hybridized carbons (Fsp3) is 0.200. The van der Waals surface area contributed by atoms with Gasteiger partial charge in [0.2, 0.25) is 0 Å². The van der Waals surface area contributed by atoms with Gasteiger partial charge in [-0.05, 0) is 30.7 Å². The zero-order valence-corrected chi connectivity index (χ0v) is 17.8. The molecule has 1 N–H and O–H groups in total. The van der Waals surface area contributed by atoms with E-state index in [1.165, 1.54) is 0 Å². The predicted octanol–water partition coefficient (Wildman–Crippen LogP) is 4.59. The van der Waals surface area contributed by atoms with Gasteiger partial charge >= 0.3 is 0 Å². The van der Waals surface area contributed by atoms with Crippen molar-refractivity contribution in [3.05, 3.63) is 102 Å². The third-order valence-electron chi connectivity index (χ3n) is 4.72. The van der Waals surface area contributed by atoms with Crippen molar-refractivity contribution < 1.29 is 18.3 Å². The molecule has 3 aromatic carbocycles. The van der Waals surface area contributed by atoms with Crippen LogP contribution < -0.4 is 0 Å². The lowest BCUT2D eigenvalue weighted by molar-refractivity contribution is 0.160. The molecule has 0 aliphatic heterocycles. The molecule has 5 heteroatoms. The Hall–Kier alpha value is -2.89. The summed E-state index contributed by atoms with van der Waals surface area (Å²) in [4.78, 5) is 0.259. The Labute approximate surface area is 178 Å². The second-order valence-electron chi connectivity index (χ2n) is 7.24. The van der Waals surface area contributed by atoms with Crippen LogP contribution in [0, 0.1) is 12.8 Å². The zero-order chi connectivity index (χ0) is 21.4. The van der Waals surface area contributed by atoms with Crippen molar-refractivity contribution in [1.82, 2.24) is 0 Å². The number of ether oxygens (including phenoxy) is 1. The third kappa shape index (κ3) is 6.05. The molecular weight excluding hydrogens is 396 g/mol. The van der Waals surface area contributed by atoms with Gasteiger partial charge in [0.15, 0.2) is 9.84 Å². The Morgan fingerprint density at radius 2 is 1.53 bits per heavy atom. The Bertz CT molecular complexity index is 1060. The van der Waals surface area contributed by atoms with Crippen molar-refractivity contribution in [3.63, 3.8) is 0 Å². The summed E-state index contributed by atoms with van der Waals surface area (Å²) in [5.41, 5.74) is 2.86. The number of hydrogen-bond donors (Lipinski definition) is 1. The second-order valence-corrected chi connectivity index (χ2v) is 9.27. The molecule has 156 valence electrons. The van der Waals surface area contributed by atoms with Gasteiger partial charge in [0.1, 0.15) is 5.76 Å². The van der Waals surface area contributed by atoms with Crippen LogP contribution in [0.4, 0.5) is 0 Å². The first kappa shape index (κ1) is 21.8. The minimum Gasteiger partial charge on any atom is -0.493 e. The summed E-state index contributed by atoms with van der Waals surface area (Å²) in [5, 5.41) is 9.79. The number of rotatable bonds is 9. The lowest BCUT2D eigenvalue weighted by Gasteiger charge is -2.18. The molecule has 0 aliphatic carbocycles. The monoisotopic (exact) mass is 422 g/mol. The number of aryl methyl sites for hydroxylation is 1. The van der Waals surface area contributed by atoms with Crippen LogP contribution in [0.2, 0.25) is 0 Å². The number of benzene rings is 3. The highest BCUT2D eigenvalue weighted by molar-refractivity contribution is 7.91. The first-order valence-corrected chi connectivity index (χ1v) is 11.5. The van der Waals surface area contributed by atoms with E-state index in [2.05, 4.69) is 0 Å². The molecule has 30 heavy (non-hydrogen) atoms. The quantitative estimate of drug-likeness (QED) is 0.405. The lowest BCUT2D eigenvalue weighted by atomic mass is 10.1. The van der Waals surface area contributed by atoms with E-state index < -0.39 is 15.8 Å². The maximum Gasteiger partial charge on any atom is 0.178 e. The number of aliphatic hydroxyl groups is 1. The van der Waals surface area contributed by atoms with Crippen molar-refractivity contribution in [2.45, 2.75) is 11.8 Å². The van der Waals surface area contributed by atoms with Crippen LogP contribution in [0.5, 0.6) is 0 Å². The summed E-state index contributed by atoms with van der Waals surface area (Å²) in [6.07, 6.45) is 1.91. The van der Waals surface area contributed by atoms with Crippen LogP contribution in [0.25, 0.3) is 11.8 Å². The Morgan fingerprint density at radius 1 is 0.933 bits per heavy atom. The molecule has 0 amide bonds. The Balaban J connectivity index is 1.76. The molecular formula is C25H26O4S. The smallest absolute Gasteiger partial charge is 0.178 e. The number of hydrogen-bond acceptors (Lipinski definition) is 4. The van der Waals surface area contributed by atoms with Crippen molar-refractivity contribution in [2.75, 3.05) is 19.0 Å². The van der Waals surface area contributed by atoms with Crippen LogP contribution in [0.1, 0.15) is 16.7 Å².